The first-order valence-corrected chi connectivity index (χ1v) is 8.30. The quantitative estimate of drug-likeness (QED) is 0.171. The monoisotopic (exact) mass is 376 g/mol. The van der Waals surface area contributed by atoms with E-state index in [2.05, 4.69) is 5.43 Å². The smallest absolute Gasteiger partial charge is 0.327 e. The first-order chi connectivity index (χ1) is 12.9. The highest BCUT2D eigenvalue weighted by molar-refractivity contribution is 5.80. The summed E-state index contributed by atoms with van der Waals surface area (Å²) in [5, 5.41) is 19.0. The van der Waals surface area contributed by atoms with Crippen LogP contribution in [0.4, 0.5) is 0 Å². The van der Waals surface area contributed by atoms with E-state index in [-0.39, 0.29) is 31.1 Å². The Morgan fingerprint density at radius 1 is 1.07 bits per heavy atom. The van der Waals surface area contributed by atoms with Gasteiger partial charge in [0.2, 0.25) is 0 Å². The van der Waals surface area contributed by atoms with Crippen molar-refractivity contribution in [2.75, 3.05) is 20.3 Å². The zero-order valence-electron chi connectivity index (χ0n) is 15.3. The third kappa shape index (κ3) is 5.50. The minimum Gasteiger partial charge on any atom is -0.504 e. The van der Waals surface area contributed by atoms with E-state index >= 15 is 0 Å². The summed E-state index contributed by atoms with van der Waals surface area (Å²) < 4.78 is 15.8. The Morgan fingerprint density at radius 3 is 2.33 bits per heavy atom. The Kier molecular flexibility index (Phi) is 6.86. The van der Waals surface area contributed by atoms with E-state index in [9.17, 15) is 15.0 Å². The van der Waals surface area contributed by atoms with Crippen molar-refractivity contribution in [2.45, 2.75) is 18.9 Å². The van der Waals surface area contributed by atoms with Crippen LogP contribution in [0.5, 0.6) is 23.0 Å². The fourth-order valence-corrected chi connectivity index (χ4v) is 2.39. The van der Waals surface area contributed by atoms with Crippen LogP contribution < -0.4 is 20.7 Å². The molecule has 0 bridgehead atoms. The van der Waals surface area contributed by atoms with Crippen LogP contribution in [0, 0.1) is 0 Å². The minimum atomic E-state index is -1.20. The number of phenols is 2. The van der Waals surface area contributed by atoms with Gasteiger partial charge in [-0.3, -0.25) is 5.84 Å². The lowest BCUT2D eigenvalue weighted by atomic mass is 9.93. The highest BCUT2D eigenvalue weighted by Crippen LogP contribution is 2.27. The summed E-state index contributed by atoms with van der Waals surface area (Å²) >= 11 is 0. The zero-order chi connectivity index (χ0) is 19.9. The number of methoxy groups -OCH3 is 1. The second kappa shape index (κ2) is 9.11. The van der Waals surface area contributed by atoms with Gasteiger partial charge in [0, 0.05) is 6.42 Å². The fourth-order valence-electron chi connectivity index (χ4n) is 2.39. The van der Waals surface area contributed by atoms with Crippen molar-refractivity contribution in [3.63, 3.8) is 0 Å². The predicted molar refractivity (Wildman–Crippen MR) is 98.7 cm³/mol. The Hall–Kier alpha value is -2.97. The molecule has 8 nitrogen and oxygen atoms in total. The summed E-state index contributed by atoms with van der Waals surface area (Å²) in [6, 6.07) is 11.3. The standard InChI is InChI=1S/C19H24N2O6/c1-19(21-20,12-13-3-8-16(22)17(23)11-13)18(24)27-10-9-26-15-6-4-14(25-2)5-7-15/h3-8,11,21-23H,9-10,12,20H2,1-2H3/t19-/m0/s1. The number of aromatic hydroxyl groups is 2. The number of hydrazine groups is 1. The molecule has 0 heterocycles. The maximum atomic E-state index is 12.4. The van der Waals surface area contributed by atoms with Gasteiger partial charge in [-0.1, -0.05) is 6.07 Å². The van der Waals surface area contributed by atoms with E-state index in [4.69, 9.17) is 20.1 Å². The van der Waals surface area contributed by atoms with Gasteiger partial charge in [0.15, 0.2) is 11.5 Å². The van der Waals surface area contributed by atoms with E-state index in [1.165, 1.54) is 12.1 Å². The van der Waals surface area contributed by atoms with Crippen molar-refractivity contribution in [2.24, 2.45) is 5.84 Å². The largest absolute Gasteiger partial charge is 0.504 e. The Balaban J connectivity index is 1.86. The van der Waals surface area contributed by atoms with Gasteiger partial charge in [0.25, 0.3) is 0 Å². The van der Waals surface area contributed by atoms with Crippen molar-refractivity contribution >= 4 is 5.97 Å². The molecule has 0 amide bonds. The number of nitrogens with one attached hydrogen (secondary N) is 1. The van der Waals surface area contributed by atoms with Gasteiger partial charge in [-0.05, 0) is 48.9 Å². The van der Waals surface area contributed by atoms with Crippen molar-refractivity contribution in [3.05, 3.63) is 48.0 Å². The molecule has 0 spiro atoms. The third-order valence-corrected chi connectivity index (χ3v) is 4.01. The molecule has 0 radical (unpaired) electrons. The van der Waals surface area contributed by atoms with E-state index < -0.39 is 11.5 Å². The zero-order valence-corrected chi connectivity index (χ0v) is 15.3. The van der Waals surface area contributed by atoms with Gasteiger partial charge in [-0.25, -0.2) is 10.2 Å². The number of carbonyl (C=O) groups is 1. The Labute approximate surface area is 157 Å². The van der Waals surface area contributed by atoms with Gasteiger partial charge >= 0.3 is 5.97 Å². The predicted octanol–water partition coefficient (Wildman–Crippen LogP) is 1.49. The van der Waals surface area contributed by atoms with Gasteiger partial charge in [-0.2, -0.15) is 0 Å². The lowest BCUT2D eigenvalue weighted by Crippen LogP contribution is -2.55. The van der Waals surface area contributed by atoms with Crippen LogP contribution in [0.2, 0.25) is 0 Å². The van der Waals surface area contributed by atoms with E-state index in [0.29, 0.717) is 11.3 Å². The topological polar surface area (TPSA) is 123 Å². The first kappa shape index (κ1) is 20.3. The number of hydrogen-bond donors (Lipinski definition) is 4. The molecule has 5 N–H and O–H groups in total. The molecule has 146 valence electrons. The molecular weight excluding hydrogens is 352 g/mol. The van der Waals surface area contributed by atoms with Crippen LogP contribution in [0.1, 0.15) is 12.5 Å². The highest BCUT2D eigenvalue weighted by atomic mass is 16.6. The fraction of sp³-hybridized carbons (Fsp3) is 0.316. The van der Waals surface area contributed by atoms with Crippen LogP contribution in [0.15, 0.2) is 42.5 Å². The second-order valence-electron chi connectivity index (χ2n) is 6.14. The summed E-state index contributed by atoms with van der Waals surface area (Å²) in [6.45, 7) is 1.81. The van der Waals surface area contributed by atoms with Gasteiger partial charge in [0.1, 0.15) is 30.3 Å². The molecule has 1 atom stereocenters. The number of benzene rings is 2. The maximum Gasteiger partial charge on any atom is 0.327 e. The van der Waals surface area contributed by atoms with Crippen molar-refractivity contribution in [1.29, 1.82) is 0 Å². The van der Waals surface area contributed by atoms with Gasteiger partial charge in [-0.15, -0.1) is 0 Å². The lowest BCUT2D eigenvalue weighted by molar-refractivity contribution is -0.151. The lowest BCUT2D eigenvalue weighted by Gasteiger charge is -2.26. The molecule has 0 saturated carbocycles. The van der Waals surface area contributed by atoms with E-state index in [1.807, 2.05) is 0 Å². The number of rotatable bonds is 9. The van der Waals surface area contributed by atoms with Crippen LogP contribution in [-0.2, 0) is 16.0 Å². The summed E-state index contributed by atoms with van der Waals surface area (Å²) in [5.74, 6) is 5.83. The summed E-state index contributed by atoms with van der Waals surface area (Å²) in [5.41, 5.74) is 1.86. The average Bonchev–Trinajstić information content (AvgIpc) is 2.68. The van der Waals surface area contributed by atoms with Crippen LogP contribution >= 0.6 is 0 Å². The minimum absolute atomic E-state index is 0.0446. The molecule has 0 saturated heterocycles. The maximum absolute atomic E-state index is 12.4. The number of phenolic OH excluding ortho intramolecular Hbond substituents is 2. The van der Waals surface area contributed by atoms with Crippen LogP contribution in [-0.4, -0.2) is 42.0 Å². The summed E-state index contributed by atoms with van der Waals surface area (Å²) in [6.07, 6.45) is 0.162. The average molecular weight is 376 g/mol. The van der Waals surface area contributed by atoms with Crippen LogP contribution in [0.25, 0.3) is 0 Å². The highest BCUT2D eigenvalue weighted by Gasteiger charge is 2.34. The van der Waals surface area contributed by atoms with Gasteiger partial charge in [0.05, 0.1) is 7.11 Å². The Morgan fingerprint density at radius 2 is 1.74 bits per heavy atom. The molecular formula is C19H24N2O6. The molecule has 0 aliphatic carbocycles. The number of esters is 1. The SMILES string of the molecule is COc1ccc(OCCOC(=O)[C@](C)(Cc2ccc(O)c(O)c2)NN)cc1. The Bertz CT molecular complexity index is 765. The summed E-state index contributed by atoms with van der Waals surface area (Å²) in [4.78, 5) is 12.4. The van der Waals surface area contributed by atoms with Crippen LogP contribution in [0.3, 0.4) is 0 Å². The van der Waals surface area contributed by atoms with E-state index in [1.54, 1.807) is 44.4 Å². The normalized spacial score (nSPS) is 12.9. The second-order valence-corrected chi connectivity index (χ2v) is 6.14. The summed E-state index contributed by atoms with van der Waals surface area (Å²) in [7, 11) is 1.58. The molecule has 2 aromatic carbocycles. The molecule has 27 heavy (non-hydrogen) atoms. The number of ether oxygens (including phenoxy) is 3. The molecule has 0 unspecified atom stereocenters. The third-order valence-electron chi connectivity index (χ3n) is 4.01. The number of hydrogen-bond acceptors (Lipinski definition) is 8. The number of nitrogens with two attached hydrogens (primary N) is 1. The van der Waals surface area contributed by atoms with Crippen molar-refractivity contribution in [3.8, 4) is 23.0 Å². The molecule has 8 heteroatoms. The number of carbonyl (C=O) groups excluding carboxylic acids is 1. The van der Waals surface area contributed by atoms with Crippen molar-refractivity contribution in [1.82, 2.24) is 5.43 Å². The molecule has 0 aromatic heterocycles. The molecule has 0 aliphatic rings. The van der Waals surface area contributed by atoms with Crippen molar-refractivity contribution < 1.29 is 29.2 Å². The molecule has 2 aromatic rings. The molecule has 0 fully saturated rings. The molecule has 2 rings (SSSR count). The molecule has 0 aliphatic heterocycles. The van der Waals surface area contributed by atoms with Gasteiger partial charge < -0.3 is 24.4 Å². The first-order valence-electron chi connectivity index (χ1n) is 8.30. The van der Waals surface area contributed by atoms with E-state index in [0.717, 1.165) is 5.75 Å².